The van der Waals surface area contributed by atoms with Crippen LogP contribution in [0.15, 0.2) is 24.4 Å². The normalized spacial score (nSPS) is 12.1. The molecule has 0 saturated carbocycles. The number of unbranched alkanes of at least 4 members (excludes halogenated alkanes) is 1. The monoisotopic (exact) mass is 284 g/mol. The van der Waals surface area contributed by atoms with Gasteiger partial charge in [0, 0.05) is 17.9 Å². The molecule has 1 N–H and O–H groups in total. The summed E-state index contributed by atoms with van der Waals surface area (Å²) in [7, 11) is 0. The summed E-state index contributed by atoms with van der Waals surface area (Å²) in [6, 6.07) is 5.70. The van der Waals surface area contributed by atoms with Gasteiger partial charge in [0.25, 0.3) is 0 Å². The Kier molecular flexibility index (Phi) is 6.08. The number of carbonyl (C=O) groups excluding carboxylic acids is 1. The Morgan fingerprint density at radius 3 is 2.94 bits per heavy atom. The molecule has 4 heteroatoms. The molecule has 0 saturated heterocycles. The zero-order chi connectivity index (χ0) is 11.8. The number of hydrogen-bond donors (Lipinski definition) is 1. The van der Waals surface area contributed by atoms with E-state index in [1.54, 1.807) is 6.20 Å². The first-order chi connectivity index (χ1) is 7.74. The Balaban J connectivity index is 2.34. The van der Waals surface area contributed by atoms with Crippen molar-refractivity contribution < 1.29 is 4.79 Å². The van der Waals surface area contributed by atoms with Crippen molar-refractivity contribution in [1.82, 2.24) is 10.3 Å². The standard InChI is InChI=1S/C12H17BrN2O/c1-10(11-6-3-5-9-14-11)15-12(16)7-2-4-8-13/h3,5-6,9-10H,2,4,7-8H2,1H3,(H,15,16)/t10-/m1/s1. The van der Waals surface area contributed by atoms with Gasteiger partial charge in [0.15, 0.2) is 0 Å². The maximum absolute atomic E-state index is 11.5. The number of alkyl halides is 1. The third-order valence-corrected chi connectivity index (χ3v) is 2.86. The van der Waals surface area contributed by atoms with Crippen molar-refractivity contribution in [1.29, 1.82) is 0 Å². The van der Waals surface area contributed by atoms with E-state index in [-0.39, 0.29) is 11.9 Å². The minimum absolute atomic E-state index is 0.0160. The van der Waals surface area contributed by atoms with Gasteiger partial charge in [-0.3, -0.25) is 9.78 Å². The summed E-state index contributed by atoms with van der Waals surface area (Å²) in [5.41, 5.74) is 0.899. The highest BCUT2D eigenvalue weighted by Gasteiger charge is 2.09. The van der Waals surface area contributed by atoms with Gasteiger partial charge in [-0.2, -0.15) is 0 Å². The fourth-order valence-corrected chi connectivity index (χ4v) is 1.80. The molecule has 1 heterocycles. The Morgan fingerprint density at radius 2 is 2.31 bits per heavy atom. The fraction of sp³-hybridized carbons (Fsp3) is 0.500. The van der Waals surface area contributed by atoms with Gasteiger partial charge in [-0.05, 0) is 31.9 Å². The van der Waals surface area contributed by atoms with Crippen molar-refractivity contribution in [2.45, 2.75) is 32.2 Å². The number of hydrogen-bond acceptors (Lipinski definition) is 2. The minimum atomic E-state index is -0.0160. The number of halogens is 1. The summed E-state index contributed by atoms with van der Waals surface area (Å²) in [5, 5.41) is 3.89. The molecular formula is C12H17BrN2O. The topological polar surface area (TPSA) is 42.0 Å². The lowest BCUT2D eigenvalue weighted by atomic mass is 10.2. The highest BCUT2D eigenvalue weighted by molar-refractivity contribution is 9.09. The highest BCUT2D eigenvalue weighted by Crippen LogP contribution is 2.08. The molecule has 0 aliphatic heterocycles. The molecule has 1 atom stereocenters. The molecule has 1 aromatic heterocycles. The number of carbonyl (C=O) groups is 1. The van der Waals surface area contributed by atoms with Gasteiger partial charge < -0.3 is 5.32 Å². The van der Waals surface area contributed by atoms with E-state index in [0.29, 0.717) is 6.42 Å². The largest absolute Gasteiger partial charge is 0.348 e. The molecule has 1 rings (SSSR count). The van der Waals surface area contributed by atoms with Crippen LogP contribution < -0.4 is 5.32 Å². The zero-order valence-electron chi connectivity index (χ0n) is 9.45. The smallest absolute Gasteiger partial charge is 0.220 e. The van der Waals surface area contributed by atoms with Gasteiger partial charge in [-0.25, -0.2) is 0 Å². The molecule has 0 radical (unpaired) electrons. The van der Waals surface area contributed by atoms with E-state index in [2.05, 4.69) is 26.2 Å². The van der Waals surface area contributed by atoms with Crippen molar-refractivity contribution in [3.63, 3.8) is 0 Å². The number of amides is 1. The van der Waals surface area contributed by atoms with Crippen LogP contribution in [0.1, 0.15) is 37.9 Å². The second kappa shape index (κ2) is 7.39. The highest BCUT2D eigenvalue weighted by atomic mass is 79.9. The van der Waals surface area contributed by atoms with Crippen LogP contribution in [-0.4, -0.2) is 16.2 Å². The van der Waals surface area contributed by atoms with Gasteiger partial charge in [0.1, 0.15) is 0 Å². The molecule has 0 unspecified atom stereocenters. The summed E-state index contributed by atoms with van der Waals surface area (Å²) in [4.78, 5) is 15.8. The van der Waals surface area contributed by atoms with E-state index in [1.807, 2.05) is 25.1 Å². The summed E-state index contributed by atoms with van der Waals surface area (Å²) in [6.07, 6.45) is 4.28. The molecule has 88 valence electrons. The van der Waals surface area contributed by atoms with Crippen LogP contribution in [0.25, 0.3) is 0 Å². The first-order valence-corrected chi connectivity index (χ1v) is 6.62. The lowest BCUT2D eigenvalue weighted by Gasteiger charge is -2.12. The maximum Gasteiger partial charge on any atom is 0.220 e. The van der Waals surface area contributed by atoms with E-state index in [9.17, 15) is 4.79 Å². The van der Waals surface area contributed by atoms with Gasteiger partial charge in [-0.1, -0.05) is 22.0 Å². The second-order valence-electron chi connectivity index (χ2n) is 3.69. The summed E-state index contributed by atoms with van der Waals surface area (Å²) < 4.78 is 0. The maximum atomic E-state index is 11.5. The van der Waals surface area contributed by atoms with Gasteiger partial charge >= 0.3 is 0 Å². The van der Waals surface area contributed by atoms with Gasteiger partial charge in [0.05, 0.1) is 11.7 Å². The van der Waals surface area contributed by atoms with E-state index >= 15 is 0 Å². The first kappa shape index (κ1) is 13.2. The van der Waals surface area contributed by atoms with Gasteiger partial charge in [0.2, 0.25) is 5.91 Å². The molecule has 0 aliphatic carbocycles. The van der Waals surface area contributed by atoms with Crippen LogP contribution in [0, 0.1) is 0 Å². The minimum Gasteiger partial charge on any atom is -0.348 e. The fourth-order valence-electron chi connectivity index (χ4n) is 1.40. The Hall–Kier alpha value is -0.900. The quantitative estimate of drug-likeness (QED) is 0.645. The molecule has 16 heavy (non-hydrogen) atoms. The average Bonchev–Trinajstić information content (AvgIpc) is 2.30. The van der Waals surface area contributed by atoms with E-state index < -0.39 is 0 Å². The SMILES string of the molecule is C[C@@H](NC(=O)CCCCBr)c1ccccn1. The van der Waals surface area contributed by atoms with Crippen molar-refractivity contribution in [2.24, 2.45) is 0 Å². The van der Waals surface area contributed by atoms with Crippen LogP contribution in [0.5, 0.6) is 0 Å². The number of aromatic nitrogens is 1. The second-order valence-corrected chi connectivity index (χ2v) is 4.48. The van der Waals surface area contributed by atoms with Crippen molar-refractivity contribution in [2.75, 3.05) is 5.33 Å². The average molecular weight is 285 g/mol. The number of nitrogens with zero attached hydrogens (tertiary/aromatic N) is 1. The molecule has 0 spiro atoms. The Morgan fingerprint density at radius 1 is 1.50 bits per heavy atom. The van der Waals surface area contributed by atoms with E-state index in [0.717, 1.165) is 23.9 Å². The zero-order valence-corrected chi connectivity index (χ0v) is 11.0. The first-order valence-electron chi connectivity index (χ1n) is 5.50. The predicted octanol–water partition coefficient (Wildman–Crippen LogP) is 2.82. The van der Waals surface area contributed by atoms with Gasteiger partial charge in [-0.15, -0.1) is 0 Å². The molecular weight excluding hydrogens is 268 g/mol. The Bertz CT molecular complexity index is 316. The van der Waals surface area contributed by atoms with Crippen LogP contribution in [0.2, 0.25) is 0 Å². The molecule has 0 bridgehead atoms. The van der Waals surface area contributed by atoms with E-state index in [1.165, 1.54) is 0 Å². The van der Waals surface area contributed by atoms with Crippen molar-refractivity contribution in [3.05, 3.63) is 30.1 Å². The van der Waals surface area contributed by atoms with Crippen LogP contribution >= 0.6 is 15.9 Å². The van der Waals surface area contributed by atoms with Crippen molar-refractivity contribution >= 4 is 21.8 Å². The van der Waals surface area contributed by atoms with Crippen LogP contribution in [0.3, 0.4) is 0 Å². The predicted molar refractivity (Wildman–Crippen MR) is 68.4 cm³/mol. The van der Waals surface area contributed by atoms with E-state index in [4.69, 9.17) is 0 Å². The number of rotatable bonds is 6. The lowest BCUT2D eigenvalue weighted by molar-refractivity contribution is -0.121. The van der Waals surface area contributed by atoms with Crippen molar-refractivity contribution in [3.8, 4) is 0 Å². The van der Waals surface area contributed by atoms with Crippen LogP contribution in [0.4, 0.5) is 0 Å². The molecule has 0 aliphatic rings. The third-order valence-electron chi connectivity index (χ3n) is 2.30. The number of nitrogens with one attached hydrogen (secondary N) is 1. The third kappa shape index (κ3) is 4.75. The molecule has 1 amide bonds. The molecule has 3 nitrogen and oxygen atoms in total. The Labute approximate surface area is 105 Å². The molecule has 1 aromatic rings. The summed E-state index contributed by atoms with van der Waals surface area (Å²) in [6.45, 7) is 1.95. The van der Waals surface area contributed by atoms with Crippen LogP contribution in [-0.2, 0) is 4.79 Å². The molecule has 0 aromatic carbocycles. The summed E-state index contributed by atoms with van der Waals surface area (Å²) in [5.74, 6) is 0.0964. The molecule has 0 fully saturated rings. The number of pyridine rings is 1. The lowest BCUT2D eigenvalue weighted by Crippen LogP contribution is -2.26. The summed E-state index contributed by atoms with van der Waals surface area (Å²) >= 11 is 3.35.